The zero-order chi connectivity index (χ0) is 17.2. The number of aromatic nitrogens is 1. The van der Waals surface area contributed by atoms with E-state index in [9.17, 15) is 4.79 Å². The lowest BCUT2D eigenvalue weighted by Gasteiger charge is -2.29. The van der Waals surface area contributed by atoms with Gasteiger partial charge in [0.25, 0.3) is 0 Å². The van der Waals surface area contributed by atoms with Crippen LogP contribution in [0.2, 0.25) is 5.02 Å². The van der Waals surface area contributed by atoms with E-state index >= 15 is 0 Å². The zero-order valence-electron chi connectivity index (χ0n) is 13.9. The highest BCUT2D eigenvalue weighted by molar-refractivity contribution is 6.30. The average molecular weight is 345 g/mol. The minimum atomic E-state index is -0.617. The van der Waals surface area contributed by atoms with Gasteiger partial charge in [0.05, 0.1) is 18.2 Å². The topological polar surface area (TPSA) is 42.4 Å². The predicted molar refractivity (Wildman–Crippen MR) is 94.3 cm³/mol. The summed E-state index contributed by atoms with van der Waals surface area (Å²) >= 11 is 6.08. The fourth-order valence-corrected chi connectivity index (χ4v) is 3.20. The molecule has 126 valence electrons. The number of hydrogen-bond donors (Lipinski definition) is 0. The van der Waals surface area contributed by atoms with E-state index in [1.807, 2.05) is 55.1 Å². The molecule has 2 aromatic rings. The fraction of sp³-hybridized carbons (Fsp3) is 0.368. The standard InChI is InChI=1S/C19H21ClN2O2/c1-19(2,14-5-3-6-15(20)11-14)18(23)22-10-8-17(13-22)24-16-7-4-9-21-12-16/h3-7,9,11-12,17H,8,10,13H2,1-2H3. The van der Waals surface area contributed by atoms with Crippen molar-refractivity contribution in [1.29, 1.82) is 0 Å². The molecule has 0 spiro atoms. The number of pyridine rings is 1. The van der Waals surface area contributed by atoms with Gasteiger partial charge >= 0.3 is 0 Å². The van der Waals surface area contributed by atoms with Crippen LogP contribution >= 0.6 is 11.6 Å². The zero-order valence-corrected chi connectivity index (χ0v) is 14.7. The molecule has 3 rings (SSSR count). The van der Waals surface area contributed by atoms with Crippen LogP contribution in [-0.4, -0.2) is 35.0 Å². The van der Waals surface area contributed by atoms with E-state index in [-0.39, 0.29) is 12.0 Å². The number of carbonyl (C=O) groups is 1. The second-order valence-electron chi connectivity index (χ2n) is 6.60. The lowest BCUT2D eigenvalue weighted by molar-refractivity contribution is -0.135. The predicted octanol–water partition coefficient (Wildman–Crippen LogP) is 3.69. The molecule has 0 aliphatic carbocycles. The molecule has 4 nitrogen and oxygen atoms in total. The first-order chi connectivity index (χ1) is 11.5. The number of likely N-dealkylation sites (tertiary alicyclic amines) is 1. The summed E-state index contributed by atoms with van der Waals surface area (Å²) in [6.07, 6.45) is 4.24. The summed E-state index contributed by atoms with van der Waals surface area (Å²) in [6.45, 7) is 5.18. The van der Waals surface area contributed by atoms with Crippen molar-refractivity contribution in [3.8, 4) is 5.75 Å². The van der Waals surface area contributed by atoms with Gasteiger partial charge in [0.15, 0.2) is 0 Å². The Morgan fingerprint density at radius 3 is 2.88 bits per heavy atom. The van der Waals surface area contributed by atoms with E-state index in [1.54, 1.807) is 12.4 Å². The first-order valence-corrected chi connectivity index (χ1v) is 8.47. The summed E-state index contributed by atoms with van der Waals surface area (Å²) < 4.78 is 5.92. The van der Waals surface area contributed by atoms with Crippen LogP contribution in [0, 0.1) is 0 Å². The minimum absolute atomic E-state index is 0.00770. The van der Waals surface area contributed by atoms with E-state index in [2.05, 4.69) is 4.98 Å². The third-order valence-corrected chi connectivity index (χ3v) is 4.69. The number of hydrogen-bond acceptors (Lipinski definition) is 3. The maximum absolute atomic E-state index is 13.0. The second kappa shape index (κ2) is 6.81. The molecular weight excluding hydrogens is 324 g/mol. The van der Waals surface area contributed by atoms with Crippen LogP contribution in [0.25, 0.3) is 0 Å². The van der Waals surface area contributed by atoms with Gasteiger partial charge in [-0.15, -0.1) is 0 Å². The summed E-state index contributed by atoms with van der Waals surface area (Å²) in [6, 6.07) is 11.2. The Balaban J connectivity index is 1.67. The number of amides is 1. The quantitative estimate of drug-likeness (QED) is 0.849. The Kier molecular flexibility index (Phi) is 4.76. The van der Waals surface area contributed by atoms with Crippen molar-refractivity contribution < 1.29 is 9.53 Å². The molecular formula is C19H21ClN2O2. The molecule has 0 saturated carbocycles. The molecule has 24 heavy (non-hydrogen) atoms. The van der Waals surface area contributed by atoms with Crippen LogP contribution in [0.15, 0.2) is 48.8 Å². The van der Waals surface area contributed by atoms with Gasteiger partial charge < -0.3 is 9.64 Å². The van der Waals surface area contributed by atoms with E-state index in [0.717, 1.165) is 17.7 Å². The third-order valence-electron chi connectivity index (χ3n) is 4.45. The van der Waals surface area contributed by atoms with E-state index < -0.39 is 5.41 Å². The summed E-state index contributed by atoms with van der Waals surface area (Å²) in [5.74, 6) is 0.841. The van der Waals surface area contributed by atoms with Crippen LogP contribution < -0.4 is 4.74 Å². The molecule has 1 unspecified atom stereocenters. The number of halogens is 1. The molecule has 1 aromatic heterocycles. The maximum Gasteiger partial charge on any atom is 0.232 e. The Morgan fingerprint density at radius 2 is 2.17 bits per heavy atom. The van der Waals surface area contributed by atoms with Crippen LogP contribution in [0.3, 0.4) is 0 Å². The number of ether oxygens (including phenoxy) is 1. The Bertz CT molecular complexity index is 718. The lowest BCUT2D eigenvalue weighted by Crippen LogP contribution is -2.43. The van der Waals surface area contributed by atoms with Gasteiger partial charge in [0, 0.05) is 24.2 Å². The Labute approximate surface area is 147 Å². The molecule has 1 atom stereocenters. The van der Waals surface area contributed by atoms with Gasteiger partial charge in [0.2, 0.25) is 5.91 Å². The second-order valence-corrected chi connectivity index (χ2v) is 7.04. The van der Waals surface area contributed by atoms with Gasteiger partial charge in [-0.05, 0) is 43.7 Å². The number of carbonyl (C=O) groups excluding carboxylic acids is 1. The summed E-state index contributed by atoms with van der Waals surface area (Å²) in [5.41, 5.74) is 0.310. The molecule has 5 heteroatoms. The van der Waals surface area contributed by atoms with Crippen molar-refractivity contribution in [2.45, 2.75) is 31.8 Å². The van der Waals surface area contributed by atoms with Gasteiger partial charge in [-0.25, -0.2) is 0 Å². The molecule has 0 bridgehead atoms. The fourth-order valence-electron chi connectivity index (χ4n) is 3.01. The third kappa shape index (κ3) is 3.54. The molecule has 2 heterocycles. The molecule has 1 aliphatic rings. The average Bonchev–Trinajstić information content (AvgIpc) is 3.03. The van der Waals surface area contributed by atoms with E-state index in [1.165, 1.54) is 0 Å². The van der Waals surface area contributed by atoms with Crippen LogP contribution in [0.4, 0.5) is 0 Å². The van der Waals surface area contributed by atoms with Gasteiger partial charge in [-0.2, -0.15) is 0 Å². The summed E-state index contributed by atoms with van der Waals surface area (Å²) in [5, 5.41) is 0.646. The Hall–Kier alpha value is -2.07. The number of nitrogens with zero attached hydrogens (tertiary/aromatic N) is 2. The van der Waals surface area contributed by atoms with Gasteiger partial charge in [-0.1, -0.05) is 23.7 Å². The molecule has 1 saturated heterocycles. The number of benzene rings is 1. The molecule has 0 radical (unpaired) electrons. The van der Waals surface area contributed by atoms with Crippen molar-refractivity contribution in [2.24, 2.45) is 0 Å². The molecule has 1 aliphatic heterocycles. The highest BCUT2D eigenvalue weighted by Crippen LogP contribution is 2.29. The normalized spacial score (nSPS) is 17.8. The lowest BCUT2D eigenvalue weighted by atomic mass is 9.83. The van der Waals surface area contributed by atoms with E-state index in [0.29, 0.717) is 18.1 Å². The molecule has 1 aromatic carbocycles. The minimum Gasteiger partial charge on any atom is -0.487 e. The van der Waals surface area contributed by atoms with Crippen molar-refractivity contribution in [3.63, 3.8) is 0 Å². The summed E-state index contributed by atoms with van der Waals surface area (Å²) in [7, 11) is 0. The highest BCUT2D eigenvalue weighted by Gasteiger charge is 2.37. The van der Waals surface area contributed by atoms with Crippen molar-refractivity contribution in [1.82, 2.24) is 9.88 Å². The largest absolute Gasteiger partial charge is 0.487 e. The molecule has 1 fully saturated rings. The van der Waals surface area contributed by atoms with E-state index in [4.69, 9.17) is 16.3 Å². The highest BCUT2D eigenvalue weighted by atomic mass is 35.5. The monoisotopic (exact) mass is 344 g/mol. The summed E-state index contributed by atoms with van der Waals surface area (Å²) in [4.78, 5) is 18.9. The van der Waals surface area contributed by atoms with Gasteiger partial charge in [-0.3, -0.25) is 9.78 Å². The first-order valence-electron chi connectivity index (χ1n) is 8.09. The van der Waals surface area contributed by atoms with Gasteiger partial charge in [0.1, 0.15) is 11.9 Å². The molecule has 0 N–H and O–H groups in total. The first kappa shape index (κ1) is 16.8. The van der Waals surface area contributed by atoms with Crippen molar-refractivity contribution in [2.75, 3.05) is 13.1 Å². The molecule has 1 amide bonds. The SMILES string of the molecule is CC(C)(C(=O)N1CCC(Oc2cccnc2)C1)c1cccc(Cl)c1. The van der Waals surface area contributed by atoms with Crippen LogP contribution in [0.1, 0.15) is 25.8 Å². The van der Waals surface area contributed by atoms with Crippen LogP contribution in [-0.2, 0) is 10.2 Å². The maximum atomic E-state index is 13.0. The smallest absolute Gasteiger partial charge is 0.232 e. The van der Waals surface area contributed by atoms with Crippen molar-refractivity contribution in [3.05, 3.63) is 59.4 Å². The van der Waals surface area contributed by atoms with Crippen LogP contribution in [0.5, 0.6) is 5.75 Å². The number of rotatable bonds is 4. The van der Waals surface area contributed by atoms with Crippen molar-refractivity contribution >= 4 is 17.5 Å². The Morgan fingerprint density at radius 1 is 1.33 bits per heavy atom.